The molecule has 25 heavy (non-hydrogen) atoms. The summed E-state index contributed by atoms with van der Waals surface area (Å²) in [6, 6.07) is 5.81. The highest BCUT2D eigenvalue weighted by Gasteiger charge is 2.19. The number of carbonyl (C=O) groups excluding carboxylic acids is 1. The molecule has 1 aromatic rings. The highest BCUT2D eigenvalue weighted by Crippen LogP contribution is 2.20. The van der Waals surface area contributed by atoms with Gasteiger partial charge in [-0.25, -0.2) is 4.99 Å². The van der Waals surface area contributed by atoms with Gasteiger partial charge in [0.1, 0.15) is 6.54 Å². The van der Waals surface area contributed by atoms with Crippen molar-refractivity contribution < 1.29 is 9.53 Å². The van der Waals surface area contributed by atoms with Crippen LogP contribution in [0.5, 0.6) is 0 Å². The van der Waals surface area contributed by atoms with Crippen LogP contribution in [0.2, 0.25) is 0 Å². The van der Waals surface area contributed by atoms with Gasteiger partial charge in [-0.15, -0.1) is 0 Å². The molecule has 0 radical (unpaired) electrons. The van der Waals surface area contributed by atoms with Gasteiger partial charge in [-0.3, -0.25) is 4.79 Å². The number of benzene rings is 1. The molecule has 1 aliphatic rings. The first-order valence-electron chi connectivity index (χ1n) is 8.62. The molecule has 2 rings (SSSR count). The molecule has 0 aliphatic carbocycles. The van der Waals surface area contributed by atoms with Crippen molar-refractivity contribution >= 4 is 33.5 Å². The van der Waals surface area contributed by atoms with Gasteiger partial charge in [-0.1, -0.05) is 22.0 Å². The number of anilines is 1. The van der Waals surface area contributed by atoms with Gasteiger partial charge in [0.15, 0.2) is 5.96 Å². The smallest absolute Gasteiger partial charge is 0.246 e. The maximum atomic E-state index is 12.3. The van der Waals surface area contributed by atoms with Crippen molar-refractivity contribution in [2.45, 2.75) is 20.3 Å². The van der Waals surface area contributed by atoms with Gasteiger partial charge in [-0.05, 0) is 38.0 Å². The molecule has 1 aromatic carbocycles. The highest BCUT2D eigenvalue weighted by molar-refractivity contribution is 9.10. The van der Waals surface area contributed by atoms with Crippen LogP contribution in [-0.4, -0.2) is 56.7 Å². The predicted octanol–water partition coefficient (Wildman–Crippen LogP) is 2.63. The number of hydrogen-bond donors (Lipinski definition) is 2. The van der Waals surface area contributed by atoms with E-state index in [0.717, 1.165) is 54.4 Å². The van der Waals surface area contributed by atoms with Crippen LogP contribution in [0, 0.1) is 12.8 Å². The third-order valence-electron chi connectivity index (χ3n) is 4.10. The monoisotopic (exact) mass is 410 g/mol. The van der Waals surface area contributed by atoms with Crippen molar-refractivity contribution in [1.29, 1.82) is 0 Å². The summed E-state index contributed by atoms with van der Waals surface area (Å²) in [7, 11) is 2.00. The number of aryl methyl sites for hydroxylation is 1. The molecule has 0 saturated carbocycles. The van der Waals surface area contributed by atoms with Crippen molar-refractivity contribution in [3.8, 4) is 0 Å². The summed E-state index contributed by atoms with van der Waals surface area (Å²) in [5, 5.41) is 6.16. The molecule has 1 amide bonds. The maximum absolute atomic E-state index is 12.3. The van der Waals surface area contributed by atoms with E-state index >= 15 is 0 Å². The fourth-order valence-electron chi connectivity index (χ4n) is 2.74. The van der Waals surface area contributed by atoms with Crippen LogP contribution in [0.25, 0.3) is 0 Å². The predicted molar refractivity (Wildman–Crippen MR) is 105 cm³/mol. The molecule has 0 bridgehead atoms. The first-order valence-corrected chi connectivity index (χ1v) is 9.42. The molecule has 7 heteroatoms. The number of aliphatic imine (C=N–C) groups is 1. The number of nitrogens with zero attached hydrogens (tertiary/aromatic N) is 2. The number of carbonyl (C=O) groups is 1. The Morgan fingerprint density at radius 1 is 1.48 bits per heavy atom. The standard InChI is InChI=1S/C18H27BrN4O2/c1-4-20-18(23(3)11-14-7-8-25-12-14)21-10-17(24)22-16-9-15(19)6-5-13(16)2/h5-6,9,14H,4,7-8,10-12H2,1-3H3,(H,20,21)(H,22,24). The Bertz CT molecular complexity index is 615. The van der Waals surface area contributed by atoms with E-state index in [1.54, 1.807) is 0 Å². The third kappa shape index (κ3) is 6.32. The summed E-state index contributed by atoms with van der Waals surface area (Å²) in [5.41, 5.74) is 1.82. The zero-order chi connectivity index (χ0) is 18.2. The summed E-state index contributed by atoms with van der Waals surface area (Å²) in [6.45, 7) is 7.33. The Labute approximate surface area is 158 Å². The van der Waals surface area contributed by atoms with Crippen molar-refractivity contribution in [2.75, 3.05) is 45.2 Å². The number of ether oxygens (including phenoxy) is 1. The number of amides is 1. The van der Waals surface area contributed by atoms with Crippen molar-refractivity contribution in [3.05, 3.63) is 28.2 Å². The van der Waals surface area contributed by atoms with Gasteiger partial charge >= 0.3 is 0 Å². The molecular weight excluding hydrogens is 384 g/mol. The lowest BCUT2D eigenvalue weighted by Gasteiger charge is -2.24. The van der Waals surface area contributed by atoms with Crippen LogP contribution in [0.4, 0.5) is 5.69 Å². The molecule has 1 heterocycles. The second kappa shape index (κ2) is 9.77. The van der Waals surface area contributed by atoms with E-state index in [0.29, 0.717) is 5.92 Å². The minimum atomic E-state index is -0.130. The second-order valence-electron chi connectivity index (χ2n) is 6.29. The molecule has 138 valence electrons. The average Bonchev–Trinajstić information content (AvgIpc) is 3.07. The zero-order valence-electron chi connectivity index (χ0n) is 15.1. The molecule has 0 aromatic heterocycles. The highest BCUT2D eigenvalue weighted by atomic mass is 79.9. The van der Waals surface area contributed by atoms with Crippen LogP contribution < -0.4 is 10.6 Å². The van der Waals surface area contributed by atoms with E-state index in [1.807, 2.05) is 39.1 Å². The maximum Gasteiger partial charge on any atom is 0.246 e. The molecule has 0 spiro atoms. The van der Waals surface area contributed by atoms with E-state index in [-0.39, 0.29) is 12.5 Å². The average molecular weight is 411 g/mol. The largest absolute Gasteiger partial charge is 0.381 e. The molecular formula is C18H27BrN4O2. The Balaban J connectivity index is 1.94. The lowest BCUT2D eigenvalue weighted by atomic mass is 10.1. The topological polar surface area (TPSA) is 66.0 Å². The summed E-state index contributed by atoms with van der Waals surface area (Å²) >= 11 is 3.42. The fraction of sp³-hybridized carbons (Fsp3) is 0.556. The third-order valence-corrected chi connectivity index (χ3v) is 4.59. The SMILES string of the molecule is CCNC(=NCC(=O)Nc1cc(Br)ccc1C)N(C)CC1CCOC1. The first-order chi connectivity index (χ1) is 12.0. The molecule has 1 fully saturated rings. The van der Waals surface area contributed by atoms with Gasteiger partial charge in [0, 0.05) is 42.8 Å². The van der Waals surface area contributed by atoms with Gasteiger partial charge in [0.25, 0.3) is 0 Å². The number of nitrogens with one attached hydrogen (secondary N) is 2. The molecule has 6 nitrogen and oxygen atoms in total. The van der Waals surface area contributed by atoms with Crippen LogP contribution >= 0.6 is 15.9 Å². The number of rotatable bonds is 6. The molecule has 1 saturated heterocycles. The summed E-state index contributed by atoms with van der Waals surface area (Å²) in [4.78, 5) is 18.8. The number of hydrogen-bond acceptors (Lipinski definition) is 3. The van der Waals surface area contributed by atoms with E-state index in [9.17, 15) is 4.79 Å². The zero-order valence-corrected chi connectivity index (χ0v) is 16.7. The molecule has 2 N–H and O–H groups in total. The quantitative estimate of drug-likeness (QED) is 0.558. The lowest BCUT2D eigenvalue weighted by Crippen LogP contribution is -2.42. The molecule has 1 unspecified atom stereocenters. The van der Waals surface area contributed by atoms with Gasteiger partial charge < -0.3 is 20.3 Å². The first kappa shape index (κ1) is 19.7. The van der Waals surface area contributed by atoms with E-state index in [4.69, 9.17) is 4.74 Å². The number of halogens is 1. The lowest BCUT2D eigenvalue weighted by molar-refractivity contribution is -0.114. The molecule has 1 atom stereocenters. The van der Waals surface area contributed by atoms with Gasteiger partial charge in [0.05, 0.1) is 6.61 Å². The molecule has 1 aliphatic heterocycles. The Morgan fingerprint density at radius 2 is 2.28 bits per heavy atom. The van der Waals surface area contributed by atoms with E-state index in [2.05, 4.69) is 36.5 Å². The van der Waals surface area contributed by atoms with Gasteiger partial charge in [-0.2, -0.15) is 0 Å². The van der Waals surface area contributed by atoms with Crippen LogP contribution in [0.15, 0.2) is 27.7 Å². The Hall–Kier alpha value is -1.60. The number of guanidine groups is 1. The van der Waals surface area contributed by atoms with E-state index in [1.165, 1.54) is 0 Å². The summed E-state index contributed by atoms with van der Waals surface area (Å²) in [6.07, 6.45) is 1.08. The van der Waals surface area contributed by atoms with Crippen molar-refractivity contribution in [1.82, 2.24) is 10.2 Å². The second-order valence-corrected chi connectivity index (χ2v) is 7.20. The van der Waals surface area contributed by atoms with Crippen LogP contribution in [0.3, 0.4) is 0 Å². The van der Waals surface area contributed by atoms with E-state index < -0.39 is 0 Å². The fourth-order valence-corrected chi connectivity index (χ4v) is 3.10. The van der Waals surface area contributed by atoms with Crippen LogP contribution in [0.1, 0.15) is 18.9 Å². The Kier molecular flexibility index (Phi) is 7.71. The summed E-state index contributed by atoms with van der Waals surface area (Å²) < 4.78 is 6.36. The van der Waals surface area contributed by atoms with Crippen molar-refractivity contribution in [3.63, 3.8) is 0 Å². The Morgan fingerprint density at radius 3 is 2.96 bits per heavy atom. The van der Waals surface area contributed by atoms with Crippen LogP contribution in [-0.2, 0) is 9.53 Å². The normalized spacial score (nSPS) is 17.4. The minimum Gasteiger partial charge on any atom is -0.381 e. The van der Waals surface area contributed by atoms with Gasteiger partial charge in [0.2, 0.25) is 5.91 Å². The summed E-state index contributed by atoms with van der Waals surface area (Å²) in [5.74, 6) is 1.14. The van der Waals surface area contributed by atoms with Crippen molar-refractivity contribution in [2.24, 2.45) is 10.9 Å². The minimum absolute atomic E-state index is 0.0831.